The molecule has 1 aliphatic rings. The Morgan fingerprint density at radius 1 is 1.45 bits per heavy atom. The highest BCUT2D eigenvalue weighted by Crippen LogP contribution is 2.21. The van der Waals surface area contributed by atoms with Crippen LogP contribution in [0, 0.1) is 6.92 Å². The van der Waals surface area contributed by atoms with Gasteiger partial charge in [-0.1, -0.05) is 0 Å². The number of anilines is 1. The highest BCUT2D eigenvalue weighted by molar-refractivity contribution is 5.89. The van der Waals surface area contributed by atoms with E-state index in [1.807, 2.05) is 23.9 Å². The summed E-state index contributed by atoms with van der Waals surface area (Å²) in [5, 5.41) is 14.8. The van der Waals surface area contributed by atoms with Crippen LogP contribution in [0.1, 0.15) is 18.2 Å². The van der Waals surface area contributed by atoms with Crippen molar-refractivity contribution in [2.24, 2.45) is 0 Å². The zero-order valence-electron chi connectivity index (χ0n) is 11.2. The Hall–Kier alpha value is -2.44. The van der Waals surface area contributed by atoms with Gasteiger partial charge in [0.05, 0.1) is 23.6 Å². The molecule has 0 aromatic carbocycles. The van der Waals surface area contributed by atoms with Gasteiger partial charge in [-0.25, -0.2) is 4.79 Å². The topological polar surface area (TPSA) is 75.9 Å². The molecule has 0 bridgehead atoms. The van der Waals surface area contributed by atoms with Crippen LogP contribution in [0.15, 0.2) is 30.7 Å². The first-order chi connectivity index (χ1) is 9.74. The Kier molecular flexibility index (Phi) is 3.32. The number of aryl methyl sites for hydroxylation is 1. The van der Waals surface area contributed by atoms with Gasteiger partial charge in [-0.2, -0.15) is 15.3 Å². The van der Waals surface area contributed by atoms with Crippen LogP contribution in [0.2, 0.25) is 0 Å². The number of nitrogens with zero attached hydrogens (tertiary/aromatic N) is 5. The lowest BCUT2D eigenvalue weighted by atomic mass is 10.3. The van der Waals surface area contributed by atoms with Crippen LogP contribution >= 0.6 is 0 Å². The molecule has 7 heteroatoms. The van der Waals surface area contributed by atoms with E-state index in [0.717, 1.165) is 13.0 Å². The summed E-state index contributed by atoms with van der Waals surface area (Å²) in [6.07, 6.45) is 6.18. The van der Waals surface area contributed by atoms with Crippen molar-refractivity contribution in [2.75, 3.05) is 18.4 Å². The third kappa shape index (κ3) is 2.47. The molecule has 1 N–H and O–H groups in total. The van der Waals surface area contributed by atoms with Gasteiger partial charge in [0.15, 0.2) is 0 Å². The second-order valence-electron chi connectivity index (χ2n) is 4.84. The number of urea groups is 1. The number of amides is 2. The number of likely N-dealkylation sites (tertiary alicyclic amines) is 1. The maximum Gasteiger partial charge on any atom is 0.321 e. The van der Waals surface area contributed by atoms with E-state index in [1.165, 1.54) is 0 Å². The minimum atomic E-state index is -0.101. The highest BCUT2D eigenvalue weighted by Gasteiger charge is 2.27. The fourth-order valence-electron chi connectivity index (χ4n) is 2.37. The molecule has 0 aliphatic carbocycles. The highest BCUT2D eigenvalue weighted by atomic mass is 16.2. The average Bonchev–Trinajstić information content (AvgIpc) is 3.11. The molecule has 1 atom stereocenters. The van der Waals surface area contributed by atoms with Gasteiger partial charge >= 0.3 is 6.03 Å². The van der Waals surface area contributed by atoms with Crippen LogP contribution in [-0.4, -0.2) is 44.0 Å². The van der Waals surface area contributed by atoms with Crippen LogP contribution in [0.4, 0.5) is 10.5 Å². The Bertz CT molecular complexity index is 597. The molecule has 1 fully saturated rings. The van der Waals surface area contributed by atoms with Crippen LogP contribution in [0.5, 0.6) is 0 Å². The van der Waals surface area contributed by atoms with E-state index in [1.54, 1.807) is 23.4 Å². The molecule has 3 rings (SSSR count). The molecule has 2 amide bonds. The Labute approximate surface area is 116 Å². The molecule has 3 heterocycles. The normalized spacial score (nSPS) is 18.2. The number of rotatable bonds is 2. The predicted octanol–water partition coefficient (Wildman–Crippen LogP) is 1.46. The third-order valence-electron chi connectivity index (χ3n) is 3.50. The Morgan fingerprint density at radius 3 is 3.10 bits per heavy atom. The van der Waals surface area contributed by atoms with E-state index in [4.69, 9.17) is 0 Å². The number of hydrogen-bond donors (Lipinski definition) is 1. The maximum absolute atomic E-state index is 12.2. The second kappa shape index (κ2) is 5.28. The van der Waals surface area contributed by atoms with Crippen molar-refractivity contribution >= 4 is 11.7 Å². The summed E-state index contributed by atoms with van der Waals surface area (Å²) in [4.78, 5) is 14.0. The van der Waals surface area contributed by atoms with Crippen molar-refractivity contribution in [1.82, 2.24) is 24.9 Å². The number of carbonyl (C=O) groups is 1. The first-order valence-corrected chi connectivity index (χ1v) is 6.57. The Balaban J connectivity index is 1.63. The summed E-state index contributed by atoms with van der Waals surface area (Å²) in [6.45, 7) is 3.22. The standard InChI is InChI=1S/C13H16N6O/c1-10-12(3-6-14-17-10)16-13(20)18-8-4-11(9-18)19-7-2-5-15-19/h2-3,5-7,11H,4,8-9H2,1H3,(H,14,16,20). The fourth-order valence-corrected chi connectivity index (χ4v) is 2.37. The third-order valence-corrected chi connectivity index (χ3v) is 3.50. The molecule has 0 radical (unpaired) electrons. The monoisotopic (exact) mass is 272 g/mol. The molecule has 2 aromatic heterocycles. The zero-order valence-corrected chi connectivity index (χ0v) is 11.2. The molecule has 1 unspecified atom stereocenters. The number of hydrogen-bond acceptors (Lipinski definition) is 4. The van der Waals surface area contributed by atoms with E-state index in [0.29, 0.717) is 17.9 Å². The zero-order chi connectivity index (χ0) is 13.9. The average molecular weight is 272 g/mol. The summed E-state index contributed by atoms with van der Waals surface area (Å²) in [6, 6.07) is 3.80. The van der Waals surface area contributed by atoms with E-state index in [9.17, 15) is 4.79 Å². The fraction of sp³-hybridized carbons (Fsp3) is 0.385. The van der Waals surface area contributed by atoms with Crippen molar-refractivity contribution in [3.8, 4) is 0 Å². The smallest absolute Gasteiger partial charge is 0.321 e. The molecular formula is C13H16N6O. The van der Waals surface area contributed by atoms with Crippen molar-refractivity contribution in [1.29, 1.82) is 0 Å². The van der Waals surface area contributed by atoms with Gasteiger partial charge in [0.1, 0.15) is 0 Å². The lowest BCUT2D eigenvalue weighted by Gasteiger charge is -2.18. The molecule has 7 nitrogen and oxygen atoms in total. The van der Waals surface area contributed by atoms with Gasteiger partial charge in [0.2, 0.25) is 0 Å². The van der Waals surface area contributed by atoms with Gasteiger partial charge < -0.3 is 10.2 Å². The van der Waals surface area contributed by atoms with Gasteiger partial charge in [-0.05, 0) is 25.5 Å². The first-order valence-electron chi connectivity index (χ1n) is 6.57. The predicted molar refractivity (Wildman–Crippen MR) is 73.2 cm³/mol. The summed E-state index contributed by atoms with van der Waals surface area (Å²) in [5.74, 6) is 0. The van der Waals surface area contributed by atoms with Gasteiger partial charge in [-0.15, -0.1) is 0 Å². The maximum atomic E-state index is 12.2. The molecule has 0 spiro atoms. The van der Waals surface area contributed by atoms with E-state index in [-0.39, 0.29) is 12.1 Å². The lowest BCUT2D eigenvalue weighted by molar-refractivity contribution is 0.220. The van der Waals surface area contributed by atoms with Gasteiger partial charge in [0.25, 0.3) is 0 Å². The quantitative estimate of drug-likeness (QED) is 0.898. The first kappa shape index (κ1) is 12.6. The largest absolute Gasteiger partial charge is 0.322 e. The summed E-state index contributed by atoms with van der Waals surface area (Å²) in [7, 11) is 0. The molecule has 1 saturated heterocycles. The molecule has 2 aromatic rings. The van der Waals surface area contributed by atoms with E-state index >= 15 is 0 Å². The van der Waals surface area contributed by atoms with Crippen molar-refractivity contribution in [3.63, 3.8) is 0 Å². The second-order valence-corrected chi connectivity index (χ2v) is 4.84. The SMILES string of the molecule is Cc1nnccc1NC(=O)N1CCC(n2cccn2)C1. The van der Waals surface area contributed by atoms with Crippen LogP contribution in [0.25, 0.3) is 0 Å². The van der Waals surface area contributed by atoms with Crippen LogP contribution in [-0.2, 0) is 0 Å². The van der Waals surface area contributed by atoms with Crippen molar-refractivity contribution in [2.45, 2.75) is 19.4 Å². The lowest BCUT2D eigenvalue weighted by Crippen LogP contribution is -2.33. The van der Waals surface area contributed by atoms with E-state index < -0.39 is 0 Å². The van der Waals surface area contributed by atoms with Crippen molar-refractivity contribution in [3.05, 3.63) is 36.4 Å². The summed E-state index contributed by atoms with van der Waals surface area (Å²) >= 11 is 0. The summed E-state index contributed by atoms with van der Waals surface area (Å²) < 4.78 is 1.91. The van der Waals surface area contributed by atoms with Crippen LogP contribution in [0.3, 0.4) is 0 Å². The van der Waals surface area contributed by atoms with Gasteiger partial charge in [-0.3, -0.25) is 4.68 Å². The minimum Gasteiger partial charge on any atom is -0.322 e. The van der Waals surface area contributed by atoms with Crippen molar-refractivity contribution < 1.29 is 4.79 Å². The molecule has 20 heavy (non-hydrogen) atoms. The summed E-state index contributed by atoms with van der Waals surface area (Å²) in [5.41, 5.74) is 1.41. The number of nitrogens with one attached hydrogen (secondary N) is 1. The van der Waals surface area contributed by atoms with E-state index in [2.05, 4.69) is 20.6 Å². The number of aromatic nitrogens is 4. The Morgan fingerprint density at radius 2 is 2.35 bits per heavy atom. The van der Waals surface area contributed by atoms with Gasteiger partial charge in [0, 0.05) is 25.5 Å². The number of carbonyl (C=O) groups excluding carboxylic acids is 1. The molecule has 104 valence electrons. The molecule has 0 saturated carbocycles. The minimum absolute atomic E-state index is 0.101. The molecular weight excluding hydrogens is 256 g/mol. The van der Waals surface area contributed by atoms with Crippen LogP contribution < -0.4 is 5.32 Å². The molecule has 1 aliphatic heterocycles.